The Bertz CT molecular complexity index is 1200. The quantitative estimate of drug-likeness (QED) is 0.592. The van der Waals surface area contributed by atoms with Crippen molar-refractivity contribution in [2.75, 3.05) is 40.9 Å². The molecular weight excluding hydrogens is 436 g/mol. The van der Waals surface area contributed by atoms with E-state index in [-0.39, 0.29) is 12.6 Å². The van der Waals surface area contributed by atoms with Gasteiger partial charge in [0.2, 0.25) is 5.95 Å². The van der Waals surface area contributed by atoms with Crippen molar-refractivity contribution in [3.05, 3.63) is 59.3 Å². The van der Waals surface area contributed by atoms with Crippen molar-refractivity contribution in [1.29, 1.82) is 0 Å². The smallest absolute Gasteiger partial charge is 0.228 e. The molecule has 0 aliphatic carbocycles. The number of aryl methyl sites for hydroxylation is 2. The van der Waals surface area contributed by atoms with E-state index in [9.17, 15) is 5.11 Å². The van der Waals surface area contributed by atoms with Crippen LogP contribution in [0.2, 0.25) is 0 Å². The van der Waals surface area contributed by atoms with Gasteiger partial charge in [-0.15, -0.1) is 0 Å². The fourth-order valence-corrected chi connectivity index (χ4v) is 5.41. The summed E-state index contributed by atoms with van der Waals surface area (Å²) in [7, 11) is 0. The molecule has 1 N–H and O–H groups in total. The van der Waals surface area contributed by atoms with E-state index in [2.05, 4.69) is 77.7 Å². The number of pyridine rings is 1. The number of anilines is 3. The molecule has 184 valence electrons. The molecule has 2 aliphatic heterocycles. The molecule has 1 aromatic carbocycles. The molecule has 2 aromatic heterocycles. The molecular formula is C28H36N6O. The summed E-state index contributed by atoms with van der Waals surface area (Å²) in [4.78, 5) is 21.9. The highest BCUT2D eigenvalue weighted by Gasteiger charge is 2.29. The van der Waals surface area contributed by atoms with Crippen LogP contribution in [-0.4, -0.2) is 58.3 Å². The number of aliphatic hydroxyl groups is 1. The molecule has 7 heteroatoms. The van der Waals surface area contributed by atoms with Crippen LogP contribution in [0.3, 0.4) is 0 Å². The molecule has 2 saturated heterocycles. The molecule has 35 heavy (non-hydrogen) atoms. The molecule has 2 aliphatic rings. The summed E-state index contributed by atoms with van der Waals surface area (Å²) in [5, 5.41) is 9.43. The molecule has 2 fully saturated rings. The molecule has 2 atom stereocenters. The number of aliphatic hydroxyl groups excluding tert-OH is 1. The molecule has 5 rings (SSSR count). The van der Waals surface area contributed by atoms with Gasteiger partial charge in [-0.3, -0.25) is 0 Å². The highest BCUT2D eigenvalue weighted by Crippen LogP contribution is 2.31. The summed E-state index contributed by atoms with van der Waals surface area (Å²) in [6, 6.07) is 13.5. The molecule has 0 saturated carbocycles. The molecule has 3 aromatic rings. The maximum Gasteiger partial charge on any atom is 0.228 e. The van der Waals surface area contributed by atoms with E-state index in [4.69, 9.17) is 9.97 Å². The van der Waals surface area contributed by atoms with Crippen LogP contribution >= 0.6 is 0 Å². The van der Waals surface area contributed by atoms with Gasteiger partial charge in [0.25, 0.3) is 0 Å². The maximum absolute atomic E-state index is 9.43. The van der Waals surface area contributed by atoms with Crippen molar-refractivity contribution in [3.63, 3.8) is 0 Å². The van der Waals surface area contributed by atoms with Crippen molar-refractivity contribution in [1.82, 2.24) is 15.0 Å². The number of benzene rings is 1. The van der Waals surface area contributed by atoms with Crippen LogP contribution in [0.4, 0.5) is 17.6 Å². The average molecular weight is 473 g/mol. The van der Waals surface area contributed by atoms with Gasteiger partial charge in [0.1, 0.15) is 11.6 Å². The van der Waals surface area contributed by atoms with Crippen molar-refractivity contribution < 1.29 is 5.11 Å². The van der Waals surface area contributed by atoms with Gasteiger partial charge in [-0.25, -0.2) is 9.97 Å². The standard InChI is InChI=1S/C28H36N6O/c1-19-7-5-9-24(13-19)25-15-26(31-28(30-25)34-10-6-8-21(34)3)33-12-11-32(17-22(33)4)27-20(2)14-23(18-35)16-29-27/h5,7,9,13-16,21-22,35H,6,8,10-12,17-18H2,1-4H3. The Morgan fingerprint density at radius 2 is 1.83 bits per heavy atom. The van der Waals surface area contributed by atoms with Crippen molar-refractivity contribution in [3.8, 4) is 11.3 Å². The summed E-state index contributed by atoms with van der Waals surface area (Å²) < 4.78 is 0. The second-order valence-electron chi connectivity index (χ2n) is 10.1. The molecule has 0 amide bonds. The van der Waals surface area contributed by atoms with E-state index in [1.807, 2.05) is 6.07 Å². The SMILES string of the molecule is Cc1cccc(-c2cc(N3CCN(c4ncc(CO)cc4C)CC3C)nc(N3CCCC3C)n2)c1. The second kappa shape index (κ2) is 9.82. The first kappa shape index (κ1) is 23.5. The molecule has 2 unspecified atom stereocenters. The summed E-state index contributed by atoms with van der Waals surface area (Å²) >= 11 is 0. The number of hydrogen-bond acceptors (Lipinski definition) is 7. The van der Waals surface area contributed by atoms with Crippen LogP contribution in [0.15, 0.2) is 42.6 Å². The zero-order chi connectivity index (χ0) is 24.5. The van der Waals surface area contributed by atoms with Gasteiger partial charge < -0.3 is 19.8 Å². The van der Waals surface area contributed by atoms with Crippen LogP contribution in [0.25, 0.3) is 11.3 Å². The summed E-state index contributed by atoms with van der Waals surface area (Å²) in [5.74, 6) is 2.84. The Morgan fingerprint density at radius 1 is 0.971 bits per heavy atom. The molecule has 4 heterocycles. The third-order valence-corrected chi connectivity index (χ3v) is 7.34. The molecule has 0 radical (unpaired) electrons. The lowest BCUT2D eigenvalue weighted by molar-refractivity contribution is 0.281. The van der Waals surface area contributed by atoms with Crippen LogP contribution in [0.5, 0.6) is 0 Å². The van der Waals surface area contributed by atoms with Gasteiger partial charge in [0, 0.05) is 56.1 Å². The fraction of sp³-hybridized carbons (Fsp3) is 0.464. The summed E-state index contributed by atoms with van der Waals surface area (Å²) in [6.07, 6.45) is 4.15. The number of piperazine rings is 1. The van der Waals surface area contributed by atoms with Gasteiger partial charge in [-0.2, -0.15) is 4.98 Å². The largest absolute Gasteiger partial charge is 0.392 e. The summed E-state index contributed by atoms with van der Waals surface area (Å²) in [6.45, 7) is 12.4. The average Bonchev–Trinajstić information content (AvgIpc) is 3.29. The minimum absolute atomic E-state index is 0.0211. The first-order chi connectivity index (χ1) is 16.9. The first-order valence-corrected chi connectivity index (χ1v) is 12.7. The number of hydrogen-bond donors (Lipinski definition) is 1. The van der Waals surface area contributed by atoms with Gasteiger partial charge in [-0.1, -0.05) is 23.8 Å². The highest BCUT2D eigenvalue weighted by molar-refractivity contribution is 5.66. The molecule has 7 nitrogen and oxygen atoms in total. The topological polar surface area (TPSA) is 68.6 Å². The van der Waals surface area contributed by atoms with Gasteiger partial charge in [-0.05, 0) is 63.8 Å². The Hall–Kier alpha value is -3.19. The monoisotopic (exact) mass is 472 g/mol. The Morgan fingerprint density at radius 3 is 2.51 bits per heavy atom. The fourth-order valence-electron chi connectivity index (χ4n) is 5.41. The van der Waals surface area contributed by atoms with Crippen LogP contribution in [0, 0.1) is 13.8 Å². The third-order valence-electron chi connectivity index (χ3n) is 7.34. The minimum atomic E-state index is 0.0211. The zero-order valence-electron chi connectivity index (χ0n) is 21.3. The van der Waals surface area contributed by atoms with Crippen molar-refractivity contribution >= 4 is 17.6 Å². The third kappa shape index (κ3) is 4.82. The number of nitrogens with zero attached hydrogens (tertiary/aromatic N) is 6. The first-order valence-electron chi connectivity index (χ1n) is 12.7. The van der Waals surface area contributed by atoms with Crippen LogP contribution in [0.1, 0.15) is 43.4 Å². The lowest BCUT2D eigenvalue weighted by Gasteiger charge is -2.41. The van der Waals surface area contributed by atoms with E-state index >= 15 is 0 Å². The highest BCUT2D eigenvalue weighted by atomic mass is 16.3. The lowest BCUT2D eigenvalue weighted by Crippen LogP contribution is -2.53. The van der Waals surface area contributed by atoms with E-state index in [0.717, 1.165) is 66.1 Å². The van der Waals surface area contributed by atoms with Crippen molar-refractivity contribution in [2.24, 2.45) is 0 Å². The lowest BCUT2D eigenvalue weighted by atomic mass is 10.1. The Labute approximate surface area is 208 Å². The van der Waals surface area contributed by atoms with Gasteiger partial charge in [0.15, 0.2) is 0 Å². The second-order valence-corrected chi connectivity index (χ2v) is 10.1. The van der Waals surface area contributed by atoms with E-state index < -0.39 is 0 Å². The molecule has 0 spiro atoms. The minimum Gasteiger partial charge on any atom is -0.392 e. The Kier molecular flexibility index (Phi) is 6.60. The van der Waals surface area contributed by atoms with Crippen LogP contribution < -0.4 is 14.7 Å². The number of rotatable bonds is 5. The van der Waals surface area contributed by atoms with E-state index in [1.165, 1.54) is 18.4 Å². The maximum atomic E-state index is 9.43. The zero-order valence-corrected chi connectivity index (χ0v) is 21.3. The molecule has 0 bridgehead atoms. The summed E-state index contributed by atoms with van der Waals surface area (Å²) in [5.41, 5.74) is 5.31. The normalized spacial score (nSPS) is 20.5. The van der Waals surface area contributed by atoms with Gasteiger partial charge in [0.05, 0.1) is 12.3 Å². The van der Waals surface area contributed by atoms with Gasteiger partial charge >= 0.3 is 0 Å². The van der Waals surface area contributed by atoms with Crippen molar-refractivity contribution in [2.45, 2.75) is 59.2 Å². The predicted molar refractivity (Wildman–Crippen MR) is 142 cm³/mol. The van der Waals surface area contributed by atoms with E-state index in [0.29, 0.717) is 6.04 Å². The predicted octanol–water partition coefficient (Wildman–Crippen LogP) is 4.35. The Balaban J connectivity index is 1.45. The van der Waals surface area contributed by atoms with Crippen LogP contribution in [-0.2, 0) is 6.61 Å². The number of aromatic nitrogens is 3. The van der Waals surface area contributed by atoms with E-state index in [1.54, 1.807) is 6.20 Å².